The Morgan fingerprint density at radius 1 is 1.57 bits per heavy atom. The fourth-order valence-corrected chi connectivity index (χ4v) is 2.36. The van der Waals surface area contributed by atoms with E-state index in [1.807, 2.05) is 6.92 Å². The Labute approximate surface area is 121 Å². The third-order valence-electron chi connectivity index (χ3n) is 3.52. The van der Waals surface area contributed by atoms with Gasteiger partial charge < -0.3 is 10.6 Å². The Morgan fingerprint density at radius 3 is 2.90 bits per heavy atom. The van der Waals surface area contributed by atoms with E-state index < -0.39 is 11.0 Å². The summed E-state index contributed by atoms with van der Waals surface area (Å²) in [7, 11) is 0. The first-order valence-electron chi connectivity index (χ1n) is 6.85. The molecule has 1 aromatic carbocycles. The van der Waals surface area contributed by atoms with Crippen LogP contribution in [0.5, 0.6) is 0 Å². The van der Waals surface area contributed by atoms with Crippen LogP contribution in [0.25, 0.3) is 0 Å². The molecule has 1 heterocycles. The molecule has 2 atom stereocenters. The Bertz CT molecular complexity index is 573. The molecular weight excluding hydrogens is 274 g/mol. The number of non-ortho nitro benzene ring substituents is 1. The Kier molecular flexibility index (Phi) is 4.52. The van der Waals surface area contributed by atoms with Crippen molar-refractivity contribution >= 4 is 17.5 Å². The molecule has 0 bridgehead atoms. The van der Waals surface area contributed by atoms with Crippen molar-refractivity contribution in [2.45, 2.75) is 38.3 Å². The van der Waals surface area contributed by atoms with Gasteiger partial charge in [0.1, 0.15) is 6.04 Å². The molecule has 1 unspecified atom stereocenters. The lowest BCUT2D eigenvalue weighted by Gasteiger charge is -2.19. The first-order valence-corrected chi connectivity index (χ1v) is 6.85. The minimum absolute atomic E-state index is 0.00521. The molecule has 1 fully saturated rings. The Balaban J connectivity index is 2.09. The number of benzene rings is 1. The van der Waals surface area contributed by atoms with Gasteiger partial charge in [-0.3, -0.25) is 19.7 Å². The molecule has 1 saturated heterocycles. The van der Waals surface area contributed by atoms with Gasteiger partial charge in [-0.2, -0.15) is 0 Å². The summed E-state index contributed by atoms with van der Waals surface area (Å²) in [5.41, 5.74) is 0.679. The SMILES string of the molecule is CCC(NC(=O)[C@H]1CCC(=O)N1)c1cccc([N+](=O)[O-])c1. The van der Waals surface area contributed by atoms with E-state index in [0.29, 0.717) is 24.8 Å². The van der Waals surface area contributed by atoms with Gasteiger partial charge in [-0.05, 0) is 18.4 Å². The largest absolute Gasteiger partial charge is 0.348 e. The van der Waals surface area contributed by atoms with E-state index in [2.05, 4.69) is 10.6 Å². The Morgan fingerprint density at radius 2 is 2.33 bits per heavy atom. The molecule has 1 aliphatic rings. The number of rotatable bonds is 5. The molecule has 1 aliphatic heterocycles. The summed E-state index contributed by atoms with van der Waals surface area (Å²) < 4.78 is 0. The van der Waals surface area contributed by atoms with Crippen molar-refractivity contribution < 1.29 is 14.5 Å². The molecule has 0 spiro atoms. The summed E-state index contributed by atoms with van der Waals surface area (Å²) in [5.74, 6) is -0.377. The molecule has 2 amide bonds. The highest BCUT2D eigenvalue weighted by molar-refractivity contribution is 5.90. The van der Waals surface area contributed by atoms with Gasteiger partial charge in [0.15, 0.2) is 0 Å². The fourth-order valence-electron chi connectivity index (χ4n) is 2.36. The predicted octanol–water partition coefficient (Wildman–Crippen LogP) is 1.44. The van der Waals surface area contributed by atoms with Crippen molar-refractivity contribution in [1.82, 2.24) is 10.6 Å². The first kappa shape index (κ1) is 15.0. The quantitative estimate of drug-likeness (QED) is 0.633. The highest BCUT2D eigenvalue weighted by atomic mass is 16.6. The maximum atomic E-state index is 12.1. The first-order chi connectivity index (χ1) is 10.0. The monoisotopic (exact) mass is 291 g/mol. The minimum atomic E-state index is -0.509. The maximum Gasteiger partial charge on any atom is 0.269 e. The van der Waals surface area contributed by atoms with Crippen molar-refractivity contribution in [3.8, 4) is 0 Å². The topological polar surface area (TPSA) is 101 Å². The van der Waals surface area contributed by atoms with Gasteiger partial charge in [-0.1, -0.05) is 19.1 Å². The van der Waals surface area contributed by atoms with E-state index in [4.69, 9.17) is 0 Å². The standard InChI is InChI=1S/C14H17N3O4/c1-2-11(9-4-3-5-10(8-9)17(20)21)16-14(19)12-6-7-13(18)15-12/h3-5,8,11-12H,2,6-7H2,1H3,(H,15,18)(H,16,19)/t11?,12-/m1/s1. The predicted molar refractivity (Wildman–Crippen MR) is 75.4 cm³/mol. The third-order valence-corrected chi connectivity index (χ3v) is 3.52. The number of nitrogens with one attached hydrogen (secondary N) is 2. The van der Waals surface area contributed by atoms with Gasteiger partial charge >= 0.3 is 0 Å². The average molecular weight is 291 g/mol. The molecule has 2 rings (SSSR count). The summed E-state index contributed by atoms with van der Waals surface area (Å²) in [4.78, 5) is 33.6. The van der Waals surface area contributed by atoms with Crippen molar-refractivity contribution in [3.63, 3.8) is 0 Å². The lowest BCUT2D eigenvalue weighted by molar-refractivity contribution is -0.384. The number of nitro benzene ring substituents is 1. The highest BCUT2D eigenvalue weighted by Gasteiger charge is 2.28. The third kappa shape index (κ3) is 3.56. The number of carbonyl (C=O) groups is 2. The molecular formula is C14H17N3O4. The van der Waals surface area contributed by atoms with Gasteiger partial charge in [0.2, 0.25) is 11.8 Å². The van der Waals surface area contributed by atoms with Gasteiger partial charge in [0.25, 0.3) is 5.69 Å². The zero-order valence-corrected chi connectivity index (χ0v) is 11.7. The second-order valence-electron chi connectivity index (χ2n) is 4.98. The molecule has 7 heteroatoms. The van der Waals surface area contributed by atoms with E-state index in [1.165, 1.54) is 12.1 Å². The van der Waals surface area contributed by atoms with Gasteiger partial charge in [0.05, 0.1) is 11.0 Å². The smallest absolute Gasteiger partial charge is 0.269 e. The molecule has 0 aliphatic carbocycles. The van der Waals surface area contributed by atoms with Crippen LogP contribution in [-0.4, -0.2) is 22.8 Å². The molecule has 0 saturated carbocycles. The van der Waals surface area contributed by atoms with Crippen LogP contribution in [0.3, 0.4) is 0 Å². The second-order valence-corrected chi connectivity index (χ2v) is 4.98. The normalized spacial score (nSPS) is 18.9. The van der Waals surface area contributed by atoms with Crippen molar-refractivity contribution in [1.29, 1.82) is 0 Å². The summed E-state index contributed by atoms with van der Waals surface area (Å²) >= 11 is 0. The molecule has 112 valence electrons. The maximum absolute atomic E-state index is 12.1. The van der Waals surface area contributed by atoms with Gasteiger partial charge in [-0.15, -0.1) is 0 Å². The molecule has 1 aromatic rings. The van der Waals surface area contributed by atoms with Crippen molar-refractivity contribution in [2.75, 3.05) is 0 Å². The number of hydrogen-bond donors (Lipinski definition) is 2. The van der Waals surface area contributed by atoms with E-state index in [1.54, 1.807) is 12.1 Å². The highest BCUT2D eigenvalue weighted by Crippen LogP contribution is 2.22. The molecule has 2 N–H and O–H groups in total. The number of carbonyl (C=O) groups excluding carboxylic acids is 2. The van der Waals surface area contributed by atoms with Crippen LogP contribution in [0.2, 0.25) is 0 Å². The number of nitro groups is 1. The second kappa shape index (κ2) is 6.34. The molecule has 0 aromatic heterocycles. The van der Waals surface area contributed by atoms with Crippen LogP contribution < -0.4 is 10.6 Å². The fraction of sp³-hybridized carbons (Fsp3) is 0.429. The average Bonchev–Trinajstić information content (AvgIpc) is 2.91. The molecule has 21 heavy (non-hydrogen) atoms. The van der Waals surface area contributed by atoms with E-state index in [-0.39, 0.29) is 23.5 Å². The van der Waals surface area contributed by atoms with Crippen LogP contribution in [0.4, 0.5) is 5.69 Å². The molecule has 0 radical (unpaired) electrons. The lowest BCUT2D eigenvalue weighted by Crippen LogP contribution is -2.42. The summed E-state index contributed by atoms with van der Waals surface area (Å²) in [5, 5.41) is 16.2. The minimum Gasteiger partial charge on any atom is -0.348 e. The van der Waals surface area contributed by atoms with Crippen LogP contribution in [0.1, 0.15) is 37.8 Å². The number of hydrogen-bond acceptors (Lipinski definition) is 4. The van der Waals surface area contributed by atoms with E-state index in [9.17, 15) is 19.7 Å². The summed E-state index contributed by atoms with van der Waals surface area (Å²) in [6.45, 7) is 1.89. The zero-order valence-electron chi connectivity index (χ0n) is 11.7. The van der Waals surface area contributed by atoms with Crippen LogP contribution in [-0.2, 0) is 9.59 Å². The van der Waals surface area contributed by atoms with Crippen LogP contribution in [0, 0.1) is 10.1 Å². The van der Waals surface area contributed by atoms with Crippen LogP contribution >= 0.6 is 0 Å². The summed E-state index contributed by atoms with van der Waals surface area (Å²) in [6.07, 6.45) is 1.44. The number of nitrogens with zero attached hydrogens (tertiary/aromatic N) is 1. The van der Waals surface area contributed by atoms with Gasteiger partial charge in [0, 0.05) is 18.6 Å². The van der Waals surface area contributed by atoms with E-state index >= 15 is 0 Å². The van der Waals surface area contributed by atoms with Gasteiger partial charge in [-0.25, -0.2) is 0 Å². The summed E-state index contributed by atoms with van der Waals surface area (Å²) in [6, 6.07) is 5.39. The van der Waals surface area contributed by atoms with Crippen LogP contribution in [0.15, 0.2) is 24.3 Å². The molecule has 7 nitrogen and oxygen atoms in total. The van der Waals surface area contributed by atoms with Crippen molar-refractivity contribution in [2.24, 2.45) is 0 Å². The Hall–Kier alpha value is -2.44. The number of amides is 2. The lowest BCUT2D eigenvalue weighted by atomic mass is 10.0. The van der Waals surface area contributed by atoms with Crippen molar-refractivity contribution in [3.05, 3.63) is 39.9 Å². The zero-order chi connectivity index (χ0) is 15.4. The van der Waals surface area contributed by atoms with E-state index in [0.717, 1.165) is 0 Å².